The van der Waals surface area contributed by atoms with Gasteiger partial charge in [-0.25, -0.2) is 0 Å². The van der Waals surface area contributed by atoms with E-state index in [1.165, 1.54) is 0 Å². The topological polar surface area (TPSA) is 61.7 Å². The normalized spacial score (nSPS) is 10.8. The highest BCUT2D eigenvalue weighted by molar-refractivity contribution is 5.61. The number of aromatic nitrogens is 4. The van der Waals surface area contributed by atoms with Gasteiger partial charge < -0.3 is 5.73 Å². The van der Waals surface area contributed by atoms with E-state index < -0.39 is 0 Å². The van der Waals surface area contributed by atoms with Crippen LogP contribution in [0.5, 0.6) is 0 Å². The highest BCUT2D eigenvalue weighted by atomic mass is 15.3. The largest absolute Gasteiger partial charge is 0.384 e. The molecule has 2 aromatic heterocycles. The molecule has 0 aliphatic rings. The molecule has 0 aliphatic carbocycles. The zero-order valence-corrected chi connectivity index (χ0v) is 8.52. The SMILES string of the molecule is Cc1cnn(C)c1-c1cc(N)n(C)n1. The lowest BCUT2D eigenvalue weighted by atomic mass is 10.2. The fourth-order valence-corrected chi connectivity index (χ4v) is 1.51. The van der Waals surface area contributed by atoms with Gasteiger partial charge >= 0.3 is 0 Å². The van der Waals surface area contributed by atoms with E-state index in [4.69, 9.17) is 5.73 Å². The number of nitrogens with zero attached hydrogens (tertiary/aromatic N) is 4. The second-order valence-electron chi connectivity index (χ2n) is 3.38. The predicted octanol–water partition coefficient (Wildman–Crippen LogP) is 0.711. The Morgan fingerprint density at radius 3 is 2.43 bits per heavy atom. The molecule has 2 heterocycles. The van der Waals surface area contributed by atoms with E-state index in [1.807, 2.05) is 33.3 Å². The molecule has 0 fully saturated rings. The van der Waals surface area contributed by atoms with Gasteiger partial charge in [0, 0.05) is 20.2 Å². The van der Waals surface area contributed by atoms with Crippen molar-refractivity contribution in [2.45, 2.75) is 6.92 Å². The summed E-state index contributed by atoms with van der Waals surface area (Å²) in [5, 5.41) is 8.46. The van der Waals surface area contributed by atoms with Crippen molar-refractivity contribution in [1.29, 1.82) is 0 Å². The highest BCUT2D eigenvalue weighted by Crippen LogP contribution is 2.22. The van der Waals surface area contributed by atoms with Gasteiger partial charge in [-0.15, -0.1) is 0 Å². The van der Waals surface area contributed by atoms with Crippen molar-refractivity contribution in [3.8, 4) is 11.4 Å². The van der Waals surface area contributed by atoms with Gasteiger partial charge in [-0.05, 0) is 12.5 Å². The number of anilines is 1. The third kappa shape index (κ3) is 1.17. The lowest BCUT2D eigenvalue weighted by Gasteiger charge is -1.98. The molecule has 0 saturated heterocycles. The molecule has 0 unspecified atom stereocenters. The van der Waals surface area contributed by atoms with Gasteiger partial charge in [-0.1, -0.05) is 0 Å². The second-order valence-corrected chi connectivity index (χ2v) is 3.38. The first-order valence-electron chi connectivity index (χ1n) is 4.38. The number of aryl methyl sites for hydroxylation is 3. The molecule has 0 aromatic carbocycles. The lowest BCUT2D eigenvalue weighted by Crippen LogP contribution is -1.98. The summed E-state index contributed by atoms with van der Waals surface area (Å²) in [6, 6.07) is 1.85. The molecule has 0 aliphatic heterocycles. The van der Waals surface area contributed by atoms with Crippen LogP contribution in [0, 0.1) is 6.92 Å². The Labute approximate surface area is 82.1 Å². The molecule has 0 atom stereocenters. The van der Waals surface area contributed by atoms with Gasteiger partial charge in [0.15, 0.2) is 0 Å². The van der Waals surface area contributed by atoms with E-state index in [-0.39, 0.29) is 0 Å². The molecule has 2 rings (SSSR count). The Hall–Kier alpha value is -1.78. The molecule has 0 bridgehead atoms. The Morgan fingerprint density at radius 2 is 2.00 bits per heavy atom. The van der Waals surface area contributed by atoms with Crippen LogP contribution in [0.2, 0.25) is 0 Å². The Morgan fingerprint density at radius 1 is 1.29 bits per heavy atom. The molecule has 2 N–H and O–H groups in total. The molecule has 0 saturated carbocycles. The quantitative estimate of drug-likeness (QED) is 0.722. The molecule has 5 nitrogen and oxygen atoms in total. The van der Waals surface area contributed by atoms with Crippen molar-refractivity contribution in [1.82, 2.24) is 19.6 Å². The molecule has 74 valence electrons. The van der Waals surface area contributed by atoms with E-state index in [2.05, 4.69) is 10.2 Å². The summed E-state index contributed by atoms with van der Waals surface area (Å²) in [7, 11) is 3.72. The maximum Gasteiger partial charge on any atom is 0.122 e. The average Bonchev–Trinajstić information content (AvgIpc) is 2.59. The van der Waals surface area contributed by atoms with Gasteiger partial charge in [0.1, 0.15) is 11.5 Å². The number of hydrogen-bond acceptors (Lipinski definition) is 3. The smallest absolute Gasteiger partial charge is 0.122 e. The third-order valence-corrected chi connectivity index (χ3v) is 2.28. The van der Waals surface area contributed by atoms with E-state index >= 15 is 0 Å². The highest BCUT2D eigenvalue weighted by Gasteiger charge is 2.11. The third-order valence-electron chi connectivity index (χ3n) is 2.28. The first-order valence-corrected chi connectivity index (χ1v) is 4.38. The number of nitrogens with two attached hydrogens (primary N) is 1. The number of nitrogen functional groups attached to an aromatic ring is 1. The summed E-state index contributed by atoms with van der Waals surface area (Å²) < 4.78 is 3.46. The summed E-state index contributed by atoms with van der Waals surface area (Å²) >= 11 is 0. The summed E-state index contributed by atoms with van der Waals surface area (Å²) in [4.78, 5) is 0. The molecule has 2 aromatic rings. The minimum atomic E-state index is 0.653. The van der Waals surface area contributed by atoms with Crippen molar-refractivity contribution in [3.05, 3.63) is 17.8 Å². The fourth-order valence-electron chi connectivity index (χ4n) is 1.51. The molecule has 0 amide bonds. The van der Waals surface area contributed by atoms with Gasteiger partial charge in [0.25, 0.3) is 0 Å². The zero-order valence-electron chi connectivity index (χ0n) is 8.52. The summed E-state index contributed by atoms with van der Waals surface area (Å²) in [5.74, 6) is 0.653. The van der Waals surface area contributed by atoms with Crippen LogP contribution in [-0.4, -0.2) is 19.6 Å². The number of rotatable bonds is 1. The first kappa shape index (κ1) is 8.80. The summed E-state index contributed by atoms with van der Waals surface area (Å²) in [6.45, 7) is 2.01. The summed E-state index contributed by atoms with van der Waals surface area (Å²) in [5.41, 5.74) is 8.69. The van der Waals surface area contributed by atoms with Crippen LogP contribution in [0.25, 0.3) is 11.4 Å². The Balaban J connectivity index is 2.59. The molecule has 14 heavy (non-hydrogen) atoms. The van der Waals surface area contributed by atoms with Crippen LogP contribution >= 0.6 is 0 Å². The van der Waals surface area contributed by atoms with E-state index in [9.17, 15) is 0 Å². The maximum atomic E-state index is 5.72. The van der Waals surface area contributed by atoms with Gasteiger partial charge in [-0.2, -0.15) is 10.2 Å². The Bertz CT molecular complexity index is 427. The van der Waals surface area contributed by atoms with Crippen molar-refractivity contribution in [2.24, 2.45) is 14.1 Å². The first-order chi connectivity index (χ1) is 6.59. The monoisotopic (exact) mass is 191 g/mol. The van der Waals surface area contributed by atoms with Crippen LogP contribution in [0.1, 0.15) is 5.56 Å². The lowest BCUT2D eigenvalue weighted by molar-refractivity contribution is 0.754. The average molecular weight is 191 g/mol. The van der Waals surface area contributed by atoms with Crippen LogP contribution in [0.4, 0.5) is 5.82 Å². The molecule has 5 heteroatoms. The van der Waals surface area contributed by atoms with Crippen molar-refractivity contribution in [2.75, 3.05) is 5.73 Å². The van der Waals surface area contributed by atoms with Gasteiger partial charge in [-0.3, -0.25) is 9.36 Å². The minimum absolute atomic E-state index is 0.653. The Kier molecular flexibility index (Phi) is 1.80. The molecular formula is C9H13N5. The van der Waals surface area contributed by atoms with Gasteiger partial charge in [0.05, 0.1) is 11.9 Å². The standard InChI is InChI=1S/C9H13N5/c1-6-5-11-14(3)9(6)7-4-8(10)13(2)12-7/h4-5H,10H2,1-3H3. The maximum absolute atomic E-state index is 5.72. The summed E-state index contributed by atoms with van der Waals surface area (Å²) in [6.07, 6.45) is 1.82. The minimum Gasteiger partial charge on any atom is -0.384 e. The second kappa shape index (κ2) is 2.87. The van der Waals surface area contributed by atoms with Crippen molar-refractivity contribution >= 4 is 5.82 Å². The molecule has 0 spiro atoms. The molecule has 0 radical (unpaired) electrons. The van der Waals surface area contributed by atoms with E-state index in [1.54, 1.807) is 9.36 Å². The van der Waals surface area contributed by atoms with Crippen molar-refractivity contribution in [3.63, 3.8) is 0 Å². The van der Waals surface area contributed by atoms with Crippen LogP contribution < -0.4 is 5.73 Å². The number of hydrogen-bond donors (Lipinski definition) is 1. The fraction of sp³-hybridized carbons (Fsp3) is 0.333. The predicted molar refractivity (Wildman–Crippen MR) is 54.6 cm³/mol. The molecular weight excluding hydrogens is 178 g/mol. The van der Waals surface area contributed by atoms with Crippen molar-refractivity contribution < 1.29 is 0 Å². The van der Waals surface area contributed by atoms with E-state index in [0.29, 0.717) is 5.82 Å². The zero-order chi connectivity index (χ0) is 10.3. The van der Waals surface area contributed by atoms with Crippen LogP contribution in [-0.2, 0) is 14.1 Å². The van der Waals surface area contributed by atoms with Crippen LogP contribution in [0.15, 0.2) is 12.3 Å². The van der Waals surface area contributed by atoms with E-state index in [0.717, 1.165) is 17.0 Å². The van der Waals surface area contributed by atoms with Crippen LogP contribution in [0.3, 0.4) is 0 Å². The van der Waals surface area contributed by atoms with Gasteiger partial charge in [0.2, 0.25) is 0 Å².